The van der Waals surface area contributed by atoms with Crippen LogP contribution in [0, 0.1) is 5.82 Å². The lowest BCUT2D eigenvalue weighted by atomic mass is 10.1. The monoisotopic (exact) mass is 368 g/mol. The largest absolute Gasteiger partial charge is 0.479 e. The number of piperazine rings is 1. The number of hydrogen-bond donors (Lipinski definition) is 0. The van der Waals surface area contributed by atoms with Crippen LogP contribution in [-0.4, -0.2) is 53.4 Å². The van der Waals surface area contributed by atoms with Crippen molar-refractivity contribution in [3.8, 4) is 5.75 Å². The van der Waals surface area contributed by atoms with Crippen molar-refractivity contribution < 1.29 is 18.7 Å². The van der Waals surface area contributed by atoms with Crippen molar-refractivity contribution in [1.29, 1.82) is 0 Å². The SMILES string of the molecule is C[C@H](Oc1ccc(F)cc1Cl)C(=O)N1CCN(C2CCCC2)C(=O)C1. The number of halogens is 2. The van der Waals surface area contributed by atoms with E-state index < -0.39 is 11.9 Å². The highest BCUT2D eigenvalue weighted by Gasteiger charge is 2.34. The van der Waals surface area contributed by atoms with Crippen LogP contribution in [0.5, 0.6) is 5.75 Å². The Morgan fingerprint density at radius 2 is 2.04 bits per heavy atom. The Kier molecular flexibility index (Phi) is 5.47. The smallest absolute Gasteiger partial charge is 0.263 e. The minimum Gasteiger partial charge on any atom is -0.479 e. The van der Waals surface area contributed by atoms with Gasteiger partial charge in [-0.25, -0.2) is 4.39 Å². The third kappa shape index (κ3) is 4.06. The summed E-state index contributed by atoms with van der Waals surface area (Å²) in [6, 6.07) is 4.08. The highest BCUT2D eigenvalue weighted by molar-refractivity contribution is 6.32. The minimum absolute atomic E-state index is 0.00138. The number of benzene rings is 1. The molecule has 25 heavy (non-hydrogen) atoms. The summed E-state index contributed by atoms with van der Waals surface area (Å²) in [6.45, 7) is 2.77. The molecule has 0 N–H and O–H groups in total. The zero-order valence-corrected chi connectivity index (χ0v) is 15.0. The summed E-state index contributed by atoms with van der Waals surface area (Å²) in [5.74, 6) is -0.483. The fraction of sp³-hybridized carbons (Fsp3) is 0.556. The molecule has 1 aliphatic carbocycles. The molecule has 1 atom stereocenters. The standard InChI is InChI=1S/C18H22ClFN2O3/c1-12(25-16-7-6-13(20)10-15(16)19)18(24)21-8-9-22(17(23)11-21)14-4-2-3-5-14/h6-7,10,12,14H,2-5,8-9,11H2,1H3/t12-/m0/s1. The molecule has 2 amide bonds. The van der Waals surface area contributed by atoms with Gasteiger partial charge in [0.2, 0.25) is 5.91 Å². The normalized spacial score (nSPS) is 20.0. The van der Waals surface area contributed by atoms with E-state index in [-0.39, 0.29) is 29.1 Å². The third-order valence-electron chi connectivity index (χ3n) is 4.88. The Labute approximate surface area is 151 Å². The van der Waals surface area contributed by atoms with Crippen LogP contribution in [-0.2, 0) is 9.59 Å². The molecule has 7 heteroatoms. The maximum Gasteiger partial charge on any atom is 0.263 e. The lowest BCUT2D eigenvalue weighted by molar-refractivity contribution is -0.150. The van der Waals surface area contributed by atoms with E-state index in [4.69, 9.17) is 16.3 Å². The van der Waals surface area contributed by atoms with Crippen LogP contribution in [0.3, 0.4) is 0 Å². The molecular weight excluding hydrogens is 347 g/mol. The second kappa shape index (κ2) is 7.60. The summed E-state index contributed by atoms with van der Waals surface area (Å²) in [5, 5.41) is 0.113. The predicted molar refractivity (Wildman–Crippen MR) is 92.0 cm³/mol. The quantitative estimate of drug-likeness (QED) is 0.821. The molecular formula is C18H22ClFN2O3. The topological polar surface area (TPSA) is 49.9 Å². The second-order valence-corrected chi connectivity index (χ2v) is 7.03. The highest BCUT2D eigenvalue weighted by Crippen LogP contribution is 2.27. The molecule has 3 rings (SSSR count). The fourth-order valence-corrected chi connectivity index (χ4v) is 3.76. The zero-order chi connectivity index (χ0) is 18.0. The van der Waals surface area contributed by atoms with E-state index in [1.54, 1.807) is 6.92 Å². The molecule has 0 spiro atoms. The van der Waals surface area contributed by atoms with Crippen LogP contribution in [0.1, 0.15) is 32.6 Å². The van der Waals surface area contributed by atoms with Gasteiger partial charge < -0.3 is 14.5 Å². The first kappa shape index (κ1) is 18.0. The molecule has 0 bridgehead atoms. The van der Waals surface area contributed by atoms with Gasteiger partial charge in [-0.05, 0) is 38.0 Å². The number of carbonyl (C=O) groups excluding carboxylic acids is 2. The molecule has 2 aliphatic rings. The van der Waals surface area contributed by atoms with E-state index in [0.717, 1.165) is 18.9 Å². The first-order valence-corrected chi connectivity index (χ1v) is 9.03. The third-order valence-corrected chi connectivity index (χ3v) is 5.18. The number of nitrogens with zero attached hydrogens (tertiary/aromatic N) is 2. The molecule has 136 valence electrons. The summed E-state index contributed by atoms with van der Waals surface area (Å²) in [4.78, 5) is 28.4. The van der Waals surface area contributed by atoms with Crippen molar-refractivity contribution in [2.45, 2.75) is 44.8 Å². The van der Waals surface area contributed by atoms with Gasteiger partial charge in [-0.2, -0.15) is 0 Å². The Balaban J connectivity index is 1.58. The van der Waals surface area contributed by atoms with Crippen LogP contribution >= 0.6 is 11.6 Å². The fourth-order valence-electron chi connectivity index (χ4n) is 3.55. The Bertz CT molecular complexity index is 664. The van der Waals surface area contributed by atoms with E-state index in [1.165, 1.54) is 29.9 Å². The summed E-state index contributed by atoms with van der Waals surface area (Å²) >= 11 is 5.93. The average molecular weight is 369 g/mol. The molecule has 1 aromatic rings. The lowest BCUT2D eigenvalue weighted by Crippen LogP contribution is -2.56. The van der Waals surface area contributed by atoms with E-state index in [2.05, 4.69) is 0 Å². The average Bonchev–Trinajstić information content (AvgIpc) is 3.10. The molecule has 0 radical (unpaired) electrons. The summed E-state index contributed by atoms with van der Waals surface area (Å²) in [5.41, 5.74) is 0. The highest BCUT2D eigenvalue weighted by atomic mass is 35.5. The van der Waals surface area contributed by atoms with Gasteiger partial charge in [0.25, 0.3) is 5.91 Å². The lowest BCUT2D eigenvalue weighted by Gasteiger charge is -2.38. The molecule has 5 nitrogen and oxygen atoms in total. The maximum absolute atomic E-state index is 13.1. The first-order chi connectivity index (χ1) is 12.0. The second-order valence-electron chi connectivity index (χ2n) is 6.62. The van der Waals surface area contributed by atoms with Gasteiger partial charge in [0.1, 0.15) is 11.6 Å². The van der Waals surface area contributed by atoms with Crippen molar-refractivity contribution in [3.63, 3.8) is 0 Å². The van der Waals surface area contributed by atoms with Gasteiger partial charge in [-0.15, -0.1) is 0 Å². The summed E-state index contributed by atoms with van der Waals surface area (Å²) in [6.07, 6.45) is 3.65. The molecule has 2 fully saturated rings. The molecule has 0 aromatic heterocycles. The van der Waals surface area contributed by atoms with Gasteiger partial charge in [0.05, 0.1) is 11.6 Å². The van der Waals surface area contributed by atoms with Crippen molar-refractivity contribution >= 4 is 23.4 Å². The van der Waals surface area contributed by atoms with Crippen molar-refractivity contribution in [1.82, 2.24) is 9.80 Å². The molecule has 1 saturated heterocycles. The molecule has 0 unspecified atom stereocenters. The Morgan fingerprint density at radius 3 is 2.68 bits per heavy atom. The van der Waals surface area contributed by atoms with E-state index >= 15 is 0 Å². The van der Waals surface area contributed by atoms with Gasteiger partial charge in [0.15, 0.2) is 6.10 Å². The predicted octanol–water partition coefficient (Wildman–Crippen LogP) is 2.86. The number of carbonyl (C=O) groups is 2. The van der Waals surface area contributed by atoms with Crippen LogP contribution in [0.2, 0.25) is 5.02 Å². The number of ether oxygens (including phenoxy) is 1. The number of hydrogen-bond acceptors (Lipinski definition) is 3. The van der Waals surface area contributed by atoms with E-state index in [9.17, 15) is 14.0 Å². The number of rotatable bonds is 4. The number of amides is 2. The van der Waals surface area contributed by atoms with E-state index in [1.807, 2.05) is 4.90 Å². The van der Waals surface area contributed by atoms with Crippen molar-refractivity contribution in [2.75, 3.05) is 19.6 Å². The Hall–Kier alpha value is -1.82. The van der Waals surface area contributed by atoms with E-state index in [0.29, 0.717) is 19.1 Å². The van der Waals surface area contributed by atoms with Crippen molar-refractivity contribution in [3.05, 3.63) is 29.0 Å². The minimum atomic E-state index is -0.797. The van der Waals surface area contributed by atoms with Gasteiger partial charge in [0, 0.05) is 19.1 Å². The Morgan fingerprint density at radius 1 is 1.32 bits per heavy atom. The van der Waals surface area contributed by atoms with Crippen LogP contribution in [0.25, 0.3) is 0 Å². The molecule has 1 saturated carbocycles. The summed E-state index contributed by atoms with van der Waals surface area (Å²) < 4.78 is 18.6. The van der Waals surface area contributed by atoms with Crippen LogP contribution < -0.4 is 4.74 Å². The van der Waals surface area contributed by atoms with Crippen LogP contribution in [0.4, 0.5) is 4.39 Å². The molecule has 1 aromatic carbocycles. The first-order valence-electron chi connectivity index (χ1n) is 8.65. The zero-order valence-electron chi connectivity index (χ0n) is 14.2. The van der Waals surface area contributed by atoms with Gasteiger partial charge in [-0.3, -0.25) is 9.59 Å². The van der Waals surface area contributed by atoms with Gasteiger partial charge in [-0.1, -0.05) is 24.4 Å². The summed E-state index contributed by atoms with van der Waals surface area (Å²) in [7, 11) is 0. The molecule has 1 aliphatic heterocycles. The molecule has 1 heterocycles. The van der Waals surface area contributed by atoms with Crippen molar-refractivity contribution in [2.24, 2.45) is 0 Å². The van der Waals surface area contributed by atoms with Gasteiger partial charge >= 0.3 is 0 Å². The maximum atomic E-state index is 13.1. The van der Waals surface area contributed by atoms with Crippen LogP contribution in [0.15, 0.2) is 18.2 Å².